The van der Waals surface area contributed by atoms with E-state index >= 15 is 0 Å². The molecule has 1 aliphatic rings. The number of hydrogen-bond acceptors (Lipinski definition) is 6. The number of rotatable bonds is 3. The maximum atomic E-state index is 13.1. The second-order valence-electron chi connectivity index (χ2n) is 6.72. The number of pyridine rings is 2. The molecule has 0 radical (unpaired) electrons. The van der Waals surface area contributed by atoms with Crippen LogP contribution in [-0.2, 0) is 11.8 Å². The normalized spacial score (nSPS) is 16.0. The minimum Gasteiger partial charge on any atom is -0.483 e. The average molecular weight is 438 g/mol. The number of aryl methyl sites for hydroxylation is 1. The van der Waals surface area contributed by atoms with Gasteiger partial charge >= 0.3 is 6.18 Å². The lowest BCUT2D eigenvalue weighted by Crippen LogP contribution is -2.42. The third-order valence-corrected chi connectivity index (χ3v) is 5.20. The lowest BCUT2D eigenvalue weighted by atomic mass is 10.1. The fourth-order valence-electron chi connectivity index (χ4n) is 3.22. The number of alkyl halides is 3. The van der Waals surface area contributed by atoms with Crippen molar-refractivity contribution < 1.29 is 27.4 Å². The third-order valence-electron chi connectivity index (χ3n) is 4.57. The molecule has 3 aromatic rings. The van der Waals surface area contributed by atoms with Gasteiger partial charge in [-0.05, 0) is 12.3 Å². The number of anilines is 1. The van der Waals surface area contributed by atoms with Gasteiger partial charge in [-0.25, -0.2) is 9.97 Å². The predicted molar refractivity (Wildman–Crippen MR) is 106 cm³/mol. The summed E-state index contributed by atoms with van der Waals surface area (Å²) in [5.41, 5.74) is 1.75. The Morgan fingerprint density at radius 1 is 1.37 bits per heavy atom. The maximum Gasteiger partial charge on any atom is 0.428 e. The Hall–Kier alpha value is -2.95. The summed E-state index contributed by atoms with van der Waals surface area (Å²) in [5, 5.41) is 3.83. The van der Waals surface area contributed by atoms with Crippen LogP contribution in [0, 0.1) is 0 Å². The highest BCUT2D eigenvalue weighted by molar-refractivity contribution is 7.98. The van der Waals surface area contributed by atoms with Crippen LogP contribution >= 0.6 is 11.8 Å². The summed E-state index contributed by atoms with van der Waals surface area (Å²) in [6.45, 7) is 0.715. The summed E-state index contributed by atoms with van der Waals surface area (Å²) in [6.07, 6.45) is -1.43. The van der Waals surface area contributed by atoms with E-state index in [0.29, 0.717) is 27.5 Å². The smallest absolute Gasteiger partial charge is 0.428 e. The first-order chi connectivity index (χ1) is 14.2. The highest BCUT2D eigenvalue weighted by atomic mass is 32.2. The fourth-order valence-corrected chi connectivity index (χ4v) is 3.63. The number of amides is 1. The Labute approximate surface area is 173 Å². The molecule has 3 aromatic heterocycles. The zero-order valence-corrected chi connectivity index (χ0v) is 17.0. The van der Waals surface area contributed by atoms with E-state index in [2.05, 4.69) is 15.3 Å². The lowest BCUT2D eigenvalue weighted by Gasteiger charge is -2.29. The monoisotopic (exact) mass is 438 g/mol. The van der Waals surface area contributed by atoms with Crippen LogP contribution < -0.4 is 14.8 Å². The summed E-state index contributed by atoms with van der Waals surface area (Å²) in [7, 11) is 1.81. The molecule has 1 amide bonds. The SMILES string of the molecule is CSc1cc2c(c(-c3cn(C)c4cnc(NC(C)=O)cc34)n1)OCC(C(F)(F)F)O2. The molecule has 0 bridgehead atoms. The Bertz CT molecular complexity index is 1150. The highest BCUT2D eigenvalue weighted by Crippen LogP contribution is 2.45. The van der Waals surface area contributed by atoms with Crippen molar-refractivity contribution in [2.45, 2.75) is 24.2 Å². The zero-order chi connectivity index (χ0) is 21.6. The van der Waals surface area contributed by atoms with Crippen LogP contribution in [0.2, 0.25) is 0 Å². The van der Waals surface area contributed by atoms with E-state index in [4.69, 9.17) is 9.47 Å². The predicted octanol–water partition coefficient (Wildman–Crippen LogP) is 4.02. The first-order valence-electron chi connectivity index (χ1n) is 8.85. The molecule has 7 nitrogen and oxygen atoms in total. The summed E-state index contributed by atoms with van der Waals surface area (Å²) in [5.74, 6) is 0.227. The van der Waals surface area contributed by atoms with Crippen molar-refractivity contribution in [1.82, 2.24) is 14.5 Å². The van der Waals surface area contributed by atoms with Gasteiger partial charge in [-0.15, -0.1) is 11.8 Å². The third kappa shape index (κ3) is 3.64. The summed E-state index contributed by atoms with van der Waals surface area (Å²) in [6, 6.07) is 3.13. The topological polar surface area (TPSA) is 78.3 Å². The van der Waals surface area contributed by atoms with Crippen LogP contribution in [0.15, 0.2) is 29.6 Å². The Kier molecular flexibility index (Phi) is 5.00. The molecule has 1 aliphatic heterocycles. The van der Waals surface area contributed by atoms with Crippen LogP contribution in [0.25, 0.3) is 22.2 Å². The lowest BCUT2D eigenvalue weighted by molar-refractivity contribution is -0.207. The maximum absolute atomic E-state index is 13.1. The molecule has 11 heteroatoms. The fraction of sp³-hybridized carbons (Fsp3) is 0.316. The second-order valence-corrected chi connectivity index (χ2v) is 7.55. The minimum absolute atomic E-state index is 0.00827. The van der Waals surface area contributed by atoms with Crippen LogP contribution in [0.1, 0.15) is 6.92 Å². The molecule has 0 spiro atoms. The molecule has 0 aromatic carbocycles. The van der Waals surface area contributed by atoms with Gasteiger partial charge in [0.05, 0.1) is 11.7 Å². The van der Waals surface area contributed by atoms with Crippen molar-refractivity contribution in [3.8, 4) is 22.8 Å². The molecule has 4 heterocycles. The second kappa shape index (κ2) is 7.38. The molecule has 4 rings (SSSR count). The van der Waals surface area contributed by atoms with Gasteiger partial charge in [0.2, 0.25) is 12.0 Å². The van der Waals surface area contributed by atoms with Gasteiger partial charge in [-0.2, -0.15) is 13.2 Å². The van der Waals surface area contributed by atoms with E-state index in [-0.39, 0.29) is 17.4 Å². The largest absolute Gasteiger partial charge is 0.483 e. The summed E-state index contributed by atoms with van der Waals surface area (Å²) in [4.78, 5) is 20.2. The van der Waals surface area contributed by atoms with Gasteiger partial charge in [0.15, 0.2) is 11.5 Å². The Balaban J connectivity index is 1.89. The molecule has 1 atom stereocenters. The summed E-state index contributed by atoms with van der Waals surface area (Å²) >= 11 is 1.28. The summed E-state index contributed by atoms with van der Waals surface area (Å²) < 4.78 is 51.9. The van der Waals surface area contributed by atoms with Crippen molar-refractivity contribution >= 4 is 34.4 Å². The van der Waals surface area contributed by atoms with Crippen LogP contribution in [0.3, 0.4) is 0 Å². The van der Waals surface area contributed by atoms with Crippen LogP contribution in [0.5, 0.6) is 11.5 Å². The number of carbonyl (C=O) groups is 1. The Morgan fingerprint density at radius 3 is 2.80 bits per heavy atom. The number of thioether (sulfide) groups is 1. The molecule has 30 heavy (non-hydrogen) atoms. The first kappa shape index (κ1) is 20.3. The number of nitrogens with one attached hydrogen (secondary N) is 1. The van der Waals surface area contributed by atoms with Crippen molar-refractivity contribution in [3.05, 3.63) is 24.5 Å². The van der Waals surface area contributed by atoms with E-state index in [1.54, 1.807) is 24.7 Å². The number of ether oxygens (including phenoxy) is 2. The quantitative estimate of drug-likeness (QED) is 0.623. The minimum atomic E-state index is -4.54. The molecular formula is C19H17F3N4O3S. The number of aromatic nitrogens is 3. The van der Waals surface area contributed by atoms with Gasteiger partial charge in [0.1, 0.15) is 23.1 Å². The number of halogens is 3. The number of hydrogen-bond donors (Lipinski definition) is 1. The van der Waals surface area contributed by atoms with Crippen LogP contribution in [-0.4, -0.2) is 45.6 Å². The van der Waals surface area contributed by atoms with Gasteiger partial charge < -0.3 is 19.4 Å². The molecule has 0 aliphatic carbocycles. The average Bonchev–Trinajstić information content (AvgIpc) is 3.01. The molecular weight excluding hydrogens is 421 g/mol. The van der Waals surface area contributed by atoms with Gasteiger partial charge in [-0.1, -0.05) is 0 Å². The highest BCUT2D eigenvalue weighted by Gasteiger charge is 2.45. The molecule has 0 saturated carbocycles. The van der Waals surface area contributed by atoms with Gasteiger partial charge in [-0.3, -0.25) is 4.79 Å². The first-order valence-corrected chi connectivity index (χ1v) is 10.1. The van der Waals surface area contributed by atoms with Crippen molar-refractivity contribution in [3.63, 3.8) is 0 Å². The van der Waals surface area contributed by atoms with Gasteiger partial charge in [0.25, 0.3) is 0 Å². The zero-order valence-electron chi connectivity index (χ0n) is 16.2. The van der Waals surface area contributed by atoms with Gasteiger partial charge in [0, 0.05) is 37.2 Å². The Morgan fingerprint density at radius 2 is 2.13 bits per heavy atom. The van der Waals surface area contributed by atoms with Crippen LogP contribution in [0.4, 0.5) is 19.0 Å². The number of nitrogens with zero attached hydrogens (tertiary/aromatic N) is 3. The number of fused-ring (bicyclic) bond motifs is 2. The molecule has 1 unspecified atom stereocenters. The molecule has 158 valence electrons. The van der Waals surface area contributed by atoms with E-state index < -0.39 is 18.9 Å². The molecule has 0 saturated heterocycles. The van der Waals surface area contributed by atoms with Crippen molar-refractivity contribution in [2.24, 2.45) is 7.05 Å². The van der Waals surface area contributed by atoms with E-state index in [1.165, 1.54) is 24.8 Å². The molecule has 0 fully saturated rings. The van der Waals surface area contributed by atoms with E-state index in [1.807, 2.05) is 11.6 Å². The number of carbonyl (C=O) groups excluding carboxylic acids is 1. The van der Waals surface area contributed by atoms with Crippen molar-refractivity contribution in [2.75, 3.05) is 18.2 Å². The van der Waals surface area contributed by atoms with Crippen molar-refractivity contribution in [1.29, 1.82) is 0 Å². The molecule has 1 N–H and O–H groups in total. The van der Waals surface area contributed by atoms with E-state index in [0.717, 1.165) is 5.52 Å². The van der Waals surface area contributed by atoms with E-state index in [9.17, 15) is 18.0 Å². The standard InChI is InChI=1S/C19H17F3N4O3S/c1-9(27)24-15-4-10-11(7-26(2)12(10)6-23-15)17-18-13(5-16(25-17)30-3)29-14(8-28-18)19(20,21)22/h4-7,14H,8H2,1-3H3,(H,23,24,27).